The van der Waals surface area contributed by atoms with Gasteiger partial charge in [0.05, 0.1) is 12.5 Å². The van der Waals surface area contributed by atoms with Gasteiger partial charge in [0.1, 0.15) is 5.75 Å². The van der Waals surface area contributed by atoms with Gasteiger partial charge in [0.25, 0.3) is 5.91 Å². The smallest absolute Gasteiger partial charge is 0.379 e. The highest BCUT2D eigenvalue weighted by molar-refractivity contribution is 9.10. The third-order valence-corrected chi connectivity index (χ3v) is 3.77. The molecule has 1 heterocycles. The minimum absolute atomic E-state index is 0.130. The van der Waals surface area contributed by atoms with Crippen LogP contribution in [0.1, 0.15) is 26.5 Å². The van der Waals surface area contributed by atoms with E-state index in [2.05, 4.69) is 26.5 Å². The molecule has 130 valence electrons. The highest BCUT2D eigenvalue weighted by Gasteiger charge is 2.10. The number of furan rings is 1. The number of carbonyl (C=O) groups excluding carboxylic acids is 2. The molecule has 0 bridgehead atoms. The monoisotopic (exact) mass is 412 g/mol. The summed E-state index contributed by atoms with van der Waals surface area (Å²) in [6, 6.07) is 16.8. The zero-order chi connectivity index (χ0) is 18.4. The second kappa shape index (κ2) is 8.26. The number of esters is 1. The lowest BCUT2D eigenvalue weighted by Crippen LogP contribution is -2.17. The first-order valence-electron chi connectivity index (χ1n) is 7.56. The van der Waals surface area contributed by atoms with E-state index in [1.165, 1.54) is 18.5 Å². The topological polar surface area (TPSA) is 80.9 Å². The summed E-state index contributed by atoms with van der Waals surface area (Å²) < 4.78 is 11.0. The van der Waals surface area contributed by atoms with E-state index in [1.807, 2.05) is 6.07 Å². The van der Waals surface area contributed by atoms with Crippen molar-refractivity contribution in [2.24, 2.45) is 5.10 Å². The van der Waals surface area contributed by atoms with Gasteiger partial charge in [0, 0.05) is 10.0 Å². The average Bonchev–Trinajstić information content (AvgIpc) is 3.18. The molecule has 0 unspecified atom stereocenters. The molecule has 3 rings (SSSR count). The van der Waals surface area contributed by atoms with E-state index in [-0.39, 0.29) is 11.7 Å². The van der Waals surface area contributed by atoms with Crippen molar-refractivity contribution in [1.29, 1.82) is 0 Å². The van der Waals surface area contributed by atoms with E-state index in [0.29, 0.717) is 11.3 Å². The average molecular weight is 413 g/mol. The van der Waals surface area contributed by atoms with Gasteiger partial charge in [0.2, 0.25) is 5.76 Å². The molecule has 0 aliphatic carbocycles. The van der Waals surface area contributed by atoms with Gasteiger partial charge in [-0.05, 0) is 60.2 Å². The summed E-state index contributed by atoms with van der Waals surface area (Å²) in [4.78, 5) is 23.7. The number of amides is 1. The molecule has 1 aromatic heterocycles. The molecule has 0 radical (unpaired) electrons. The van der Waals surface area contributed by atoms with Crippen LogP contribution >= 0.6 is 15.9 Å². The standard InChI is InChI=1S/C19H13BrN2O4/c20-15-4-1-3-14(11-15)18(23)22-21-12-13-6-8-16(9-7-13)26-19(24)17-5-2-10-25-17/h1-12H,(H,22,23)/b21-12-. The summed E-state index contributed by atoms with van der Waals surface area (Å²) in [6.07, 6.45) is 2.90. The zero-order valence-electron chi connectivity index (χ0n) is 13.4. The van der Waals surface area contributed by atoms with E-state index >= 15 is 0 Å². The van der Waals surface area contributed by atoms with E-state index < -0.39 is 5.97 Å². The molecule has 2 aromatic carbocycles. The van der Waals surface area contributed by atoms with E-state index in [4.69, 9.17) is 9.15 Å². The highest BCUT2D eigenvalue weighted by Crippen LogP contribution is 2.14. The Hall–Kier alpha value is -3.19. The highest BCUT2D eigenvalue weighted by atomic mass is 79.9. The van der Waals surface area contributed by atoms with Gasteiger partial charge in [-0.3, -0.25) is 4.79 Å². The molecule has 0 aliphatic rings. The summed E-state index contributed by atoms with van der Waals surface area (Å²) in [5.41, 5.74) is 3.68. The summed E-state index contributed by atoms with van der Waals surface area (Å²) in [5.74, 6) is -0.378. The van der Waals surface area contributed by atoms with Gasteiger partial charge in [-0.1, -0.05) is 22.0 Å². The molecule has 0 spiro atoms. The normalized spacial score (nSPS) is 10.7. The van der Waals surface area contributed by atoms with Crippen molar-refractivity contribution in [3.05, 3.63) is 88.3 Å². The third kappa shape index (κ3) is 4.67. The summed E-state index contributed by atoms with van der Waals surface area (Å²) in [7, 11) is 0. The van der Waals surface area contributed by atoms with Crippen molar-refractivity contribution in [2.45, 2.75) is 0 Å². The zero-order valence-corrected chi connectivity index (χ0v) is 15.0. The van der Waals surface area contributed by atoms with Gasteiger partial charge in [-0.15, -0.1) is 0 Å². The first kappa shape index (κ1) is 17.6. The lowest BCUT2D eigenvalue weighted by atomic mass is 10.2. The molecule has 1 amide bonds. The molecule has 1 N–H and O–H groups in total. The van der Waals surface area contributed by atoms with E-state index in [9.17, 15) is 9.59 Å². The fraction of sp³-hybridized carbons (Fsp3) is 0. The van der Waals surface area contributed by atoms with Crippen LogP contribution in [-0.2, 0) is 0 Å². The van der Waals surface area contributed by atoms with Crippen molar-refractivity contribution >= 4 is 34.0 Å². The number of ether oxygens (including phenoxy) is 1. The Labute approximate surface area is 157 Å². The Morgan fingerprint density at radius 2 is 1.88 bits per heavy atom. The molecule has 0 saturated carbocycles. The van der Waals surface area contributed by atoms with Crippen LogP contribution < -0.4 is 10.2 Å². The summed E-state index contributed by atoms with van der Waals surface area (Å²) >= 11 is 3.31. The van der Waals surface area contributed by atoms with Gasteiger partial charge in [-0.2, -0.15) is 5.10 Å². The fourth-order valence-corrected chi connectivity index (χ4v) is 2.43. The van der Waals surface area contributed by atoms with Gasteiger partial charge in [0.15, 0.2) is 0 Å². The van der Waals surface area contributed by atoms with Crippen LogP contribution in [0.5, 0.6) is 5.75 Å². The first-order valence-corrected chi connectivity index (χ1v) is 8.36. The van der Waals surface area contributed by atoms with Gasteiger partial charge < -0.3 is 9.15 Å². The van der Waals surface area contributed by atoms with Crippen molar-refractivity contribution in [2.75, 3.05) is 0 Å². The molecular formula is C19H13BrN2O4. The molecule has 0 atom stereocenters. The number of benzene rings is 2. The Morgan fingerprint density at radius 3 is 2.58 bits per heavy atom. The molecule has 0 fully saturated rings. The largest absolute Gasteiger partial charge is 0.457 e. The number of carbonyl (C=O) groups is 2. The van der Waals surface area contributed by atoms with Crippen molar-refractivity contribution < 1.29 is 18.7 Å². The Balaban J connectivity index is 1.56. The van der Waals surface area contributed by atoms with Crippen molar-refractivity contribution in [1.82, 2.24) is 5.43 Å². The van der Waals surface area contributed by atoms with E-state index in [1.54, 1.807) is 48.5 Å². The van der Waals surface area contributed by atoms with Crippen LogP contribution in [-0.4, -0.2) is 18.1 Å². The number of hydrogen-bond donors (Lipinski definition) is 1. The number of hydrogen-bond acceptors (Lipinski definition) is 5. The molecule has 7 heteroatoms. The SMILES string of the molecule is O=C(N/N=C\c1ccc(OC(=O)c2ccco2)cc1)c1cccc(Br)c1. The molecule has 26 heavy (non-hydrogen) atoms. The maximum absolute atomic E-state index is 12.0. The minimum atomic E-state index is -0.572. The number of nitrogens with one attached hydrogen (secondary N) is 1. The molecular weight excluding hydrogens is 400 g/mol. The van der Waals surface area contributed by atoms with Crippen LogP contribution in [0.25, 0.3) is 0 Å². The Kier molecular flexibility index (Phi) is 5.60. The first-order chi connectivity index (χ1) is 12.6. The quantitative estimate of drug-likeness (QED) is 0.297. The minimum Gasteiger partial charge on any atom is -0.457 e. The maximum atomic E-state index is 12.0. The lowest BCUT2D eigenvalue weighted by molar-refractivity contribution is 0.0701. The fourth-order valence-electron chi connectivity index (χ4n) is 2.03. The second-order valence-electron chi connectivity index (χ2n) is 5.15. The predicted octanol–water partition coefficient (Wildman–Crippen LogP) is 4.03. The summed E-state index contributed by atoms with van der Waals surface area (Å²) in [5, 5.41) is 3.92. The van der Waals surface area contributed by atoms with Crippen LogP contribution in [0.4, 0.5) is 0 Å². The van der Waals surface area contributed by atoms with Crippen LogP contribution in [0.15, 0.2) is 80.9 Å². The van der Waals surface area contributed by atoms with Gasteiger partial charge >= 0.3 is 5.97 Å². The van der Waals surface area contributed by atoms with Crippen molar-refractivity contribution in [3.8, 4) is 5.75 Å². The Bertz CT molecular complexity index is 934. The number of hydrazone groups is 1. The number of rotatable bonds is 5. The molecule has 0 saturated heterocycles. The van der Waals surface area contributed by atoms with Crippen LogP contribution in [0.3, 0.4) is 0 Å². The van der Waals surface area contributed by atoms with Crippen LogP contribution in [0.2, 0.25) is 0 Å². The summed E-state index contributed by atoms with van der Waals surface area (Å²) in [6.45, 7) is 0. The number of halogens is 1. The number of nitrogens with zero attached hydrogens (tertiary/aromatic N) is 1. The predicted molar refractivity (Wildman–Crippen MR) is 99.3 cm³/mol. The van der Waals surface area contributed by atoms with E-state index in [0.717, 1.165) is 10.0 Å². The van der Waals surface area contributed by atoms with Gasteiger partial charge in [-0.25, -0.2) is 10.2 Å². The lowest BCUT2D eigenvalue weighted by Gasteiger charge is -2.02. The van der Waals surface area contributed by atoms with Crippen LogP contribution in [0, 0.1) is 0 Å². The molecule has 3 aromatic rings. The second-order valence-corrected chi connectivity index (χ2v) is 6.06. The van der Waals surface area contributed by atoms with Crippen molar-refractivity contribution in [3.63, 3.8) is 0 Å². The molecule has 6 nitrogen and oxygen atoms in total. The maximum Gasteiger partial charge on any atom is 0.379 e. The molecule has 0 aliphatic heterocycles. The third-order valence-electron chi connectivity index (χ3n) is 3.28. The Morgan fingerprint density at radius 1 is 1.08 bits per heavy atom.